The van der Waals surface area contributed by atoms with Crippen LogP contribution in [0.2, 0.25) is 0 Å². The molecule has 1 amide bonds. The molecule has 2 aromatic heterocycles. The molecule has 1 saturated carbocycles. The number of nitrogens with one attached hydrogen (secondary N) is 1. The second kappa shape index (κ2) is 6.96. The number of hydrogen-bond acceptors (Lipinski definition) is 4. The zero-order chi connectivity index (χ0) is 17.2. The van der Waals surface area contributed by atoms with Crippen LogP contribution in [-0.4, -0.2) is 26.7 Å². The summed E-state index contributed by atoms with van der Waals surface area (Å²) in [7, 11) is 0. The molecule has 6 heteroatoms. The first-order valence-electron chi connectivity index (χ1n) is 8.92. The van der Waals surface area contributed by atoms with Crippen LogP contribution in [0.3, 0.4) is 0 Å². The molecular formula is C19H22N4OS. The summed E-state index contributed by atoms with van der Waals surface area (Å²) < 4.78 is 3.13. The third kappa shape index (κ3) is 3.44. The maximum absolute atomic E-state index is 12.6. The Labute approximate surface area is 151 Å². The molecule has 130 valence electrons. The van der Waals surface area contributed by atoms with Crippen molar-refractivity contribution < 1.29 is 4.79 Å². The van der Waals surface area contributed by atoms with E-state index in [1.54, 1.807) is 11.3 Å². The number of rotatable bonds is 4. The lowest BCUT2D eigenvalue weighted by molar-refractivity contribution is 0.0922. The third-order valence-corrected chi connectivity index (χ3v) is 6.09. The summed E-state index contributed by atoms with van der Waals surface area (Å²) in [6, 6.07) is 8.48. The monoisotopic (exact) mass is 354 g/mol. The number of amides is 1. The molecule has 0 atom stereocenters. The van der Waals surface area contributed by atoms with E-state index >= 15 is 0 Å². The smallest absolute Gasteiger partial charge is 0.251 e. The lowest BCUT2D eigenvalue weighted by Crippen LogP contribution is -2.38. The molecule has 0 radical (unpaired) electrons. The van der Waals surface area contributed by atoms with E-state index in [4.69, 9.17) is 0 Å². The van der Waals surface area contributed by atoms with Crippen molar-refractivity contribution in [2.75, 3.05) is 0 Å². The molecule has 0 saturated heterocycles. The predicted octanol–water partition coefficient (Wildman–Crippen LogP) is 3.97. The van der Waals surface area contributed by atoms with Gasteiger partial charge in [-0.1, -0.05) is 6.92 Å². The average Bonchev–Trinajstić information content (AvgIpc) is 3.31. The normalized spacial score (nSPS) is 20.7. The molecule has 1 aliphatic rings. The third-order valence-electron chi connectivity index (χ3n) is 4.93. The fourth-order valence-corrected chi connectivity index (χ4v) is 4.46. The van der Waals surface area contributed by atoms with Crippen molar-refractivity contribution in [1.82, 2.24) is 20.1 Å². The Morgan fingerprint density at radius 3 is 2.88 bits per heavy atom. The average molecular weight is 354 g/mol. The first-order chi connectivity index (χ1) is 12.2. The molecule has 4 rings (SSSR count). The highest BCUT2D eigenvalue weighted by Crippen LogP contribution is 2.28. The van der Waals surface area contributed by atoms with Gasteiger partial charge in [0.2, 0.25) is 0 Å². The lowest BCUT2D eigenvalue weighted by atomic mass is 9.91. The topological polar surface area (TPSA) is 59.8 Å². The van der Waals surface area contributed by atoms with E-state index in [1.165, 1.54) is 0 Å². The number of fused-ring (bicyclic) bond motifs is 1. The fourth-order valence-electron chi connectivity index (χ4n) is 3.51. The van der Waals surface area contributed by atoms with Crippen LogP contribution in [-0.2, 0) is 6.42 Å². The number of aryl methyl sites for hydroxylation is 1. The summed E-state index contributed by atoms with van der Waals surface area (Å²) in [6.07, 6.45) is 8.89. The summed E-state index contributed by atoms with van der Waals surface area (Å²) in [4.78, 5) is 17.2. The van der Waals surface area contributed by atoms with E-state index in [9.17, 15) is 4.79 Å². The van der Waals surface area contributed by atoms with E-state index < -0.39 is 0 Å². The molecule has 0 spiro atoms. The van der Waals surface area contributed by atoms with Gasteiger partial charge < -0.3 is 5.32 Å². The SMILES string of the molecule is CCc1nc2ccc(C(=O)NC3CCC(n4cccn4)CC3)cc2s1. The van der Waals surface area contributed by atoms with E-state index in [2.05, 4.69) is 22.3 Å². The van der Waals surface area contributed by atoms with Crippen LogP contribution in [0, 0.1) is 0 Å². The fraction of sp³-hybridized carbons (Fsp3) is 0.421. The van der Waals surface area contributed by atoms with Crippen molar-refractivity contribution in [1.29, 1.82) is 0 Å². The van der Waals surface area contributed by atoms with Crippen molar-refractivity contribution in [3.8, 4) is 0 Å². The van der Waals surface area contributed by atoms with Crippen molar-refractivity contribution >= 4 is 27.5 Å². The van der Waals surface area contributed by atoms with Crippen molar-refractivity contribution in [2.45, 2.75) is 51.1 Å². The molecular weight excluding hydrogens is 332 g/mol. The van der Waals surface area contributed by atoms with Crippen LogP contribution in [0.1, 0.15) is 54.0 Å². The molecule has 0 bridgehead atoms. The molecule has 25 heavy (non-hydrogen) atoms. The minimum absolute atomic E-state index is 0.0240. The quantitative estimate of drug-likeness (QED) is 0.771. The van der Waals surface area contributed by atoms with Crippen molar-refractivity contribution in [3.63, 3.8) is 0 Å². The maximum Gasteiger partial charge on any atom is 0.251 e. The Kier molecular flexibility index (Phi) is 4.53. The van der Waals surface area contributed by atoms with Gasteiger partial charge in [0.1, 0.15) is 0 Å². The minimum atomic E-state index is 0.0240. The van der Waals surface area contributed by atoms with Crippen LogP contribution < -0.4 is 5.32 Å². The second-order valence-electron chi connectivity index (χ2n) is 6.61. The zero-order valence-electron chi connectivity index (χ0n) is 14.3. The Morgan fingerprint density at radius 1 is 1.32 bits per heavy atom. The van der Waals surface area contributed by atoms with E-state index in [-0.39, 0.29) is 11.9 Å². The Balaban J connectivity index is 1.39. The van der Waals surface area contributed by atoms with Gasteiger partial charge in [0.05, 0.1) is 21.3 Å². The lowest BCUT2D eigenvalue weighted by Gasteiger charge is -2.29. The largest absolute Gasteiger partial charge is 0.349 e. The number of aromatic nitrogens is 3. The molecule has 0 unspecified atom stereocenters. The van der Waals surface area contributed by atoms with Gasteiger partial charge in [-0.25, -0.2) is 4.98 Å². The molecule has 5 nitrogen and oxygen atoms in total. The van der Waals surface area contributed by atoms with Crippen LogP contribution >= 0.6 is 11.3 Å². The molecule has 2 heterocycles. The van der Waals surface area contributed by atoms with E-state index in [0.717, 1.165) is 52.9 Å². The van der Waals surface area contributed by atoms with Gasteiger partial charge >= 0.3 is 0 Å². The van der Waals surface area contributed by atoms with Gasteiger partial charge in [0.25, 0.3) is 5.91 Å². The molecule has 1 N–H and O–H groups in total. The minimum Gasteiger partial charge on any atom is -0.349 e. The highest BCUT2D eigenvalue weighted by molar-refractivity contribution is 7.18. The van der Waals surface area contributed by atoms with Crippen LogP contribution in [0.15, 0.2) is 36.7 Å². The van der Waals surface area contributed by atoms with Gasteiger partial charge in [-0.15, -0.1) is 11.3 Å². The van der Waals surface area contributed by atoms with Gasteiger partial charge in [0, 0.05) is 24.0 Å². The van der Waals surface area contributed by atoms with Crippen LogP contribution in [0.5, 0.6) is 0 Å². The first kappa shape index (κ1) is 16.3. The van der Waals surface area contributed by atoms with Gasteiger partial charge in [-0.05, 0) is 56.4 Å². The number of carbonyl (C=O) groups is 1. The van der Waals surface area contributed by atoms with Gasteiger partial charge in [-0.2, -0.15) is 5.10 Å². The summed E-state index contributed by atoms with van der Waals surface area (Å²) >= 11 is 1.67. The maximum atomic E-state index is 12.6. The zero-order valence-corrected chi connectivity index (χ0v) is 15.1. The summed E-state index contributed by atoms with van der Waals surface area (Å²) in [5.74, 6) is 0.0240. The number of hydrogen-bond donors (Lipinski definition) is 1. The van der Waals surface area contributed by atoms with Crippen LogP contribution in [0.4, 0.5) is 0 Å². The predicted molar refractivity (Wildman–Crippen MR) is 100.0 cm³/mol. The summed E-state index contributed by atoms with van der Waals surface area (Å²) in [5, 5.41) is 8.65. The van der Waals surface area contributed by atoms with Gasteiger partial charge in [0.15, 0.2) is 0 Å². The van der Waals surface area contributed by atoms with Gasteiger partial charge in [-0.3, -0.25) is 9.48 Å². The summed E-state index contributed by atoms with van der Waals surface area (Å²) in [5.41, 5.74) is 1.71. The number of thiazole rings is 1. The Morgan fingerprint density at radius 2 is 2.16 bits per heavy atom. The van der Waals surface area contributed by atoms with Crippen LogP contribution in [0.25, 0.3) is 10.2 Å². The Hall–Kier alpha value is -2.21. The molecule has 0 aliphatic heterocycles. The number of nitrogens with zero attached hydrogens (tertiary/aromatic N) is 3. The summed E-state index contributed by atoms with van der Waals surface area (Å²) in [6.45, 7) is 2.10. The van der Waals surface area contributed by atoms with E-state index in [1.807, 2.05) is 41.3 Å². The van der Waals surface area contributed by atoms with Crippen molar-refractivity contribution in [2.24, 2.45) is 0 Å². The first-order valence-corrected chi connectivity index (χ1v) is 9.74. The number of benzene rings is 1. The molecule has 1 aromatic carbocycles. The highest BCUT2D eigenvalue weighted by Gasteiger charge is 2.24. The molecule has 3 aromatic rings. The molecule has 1 fully saturated rings. The van der Waals surface area contributed by atoms with E-state index in [0.29, 0.717) is 6.04 Å². The van der Waals surface area contributed by atoms with Crippen molar-refractivity contribution in [3.05, 3.63) is 47.2 Å². The Bertz CT molecular complexity index is 863. The second-order valence-corrected chi connectivity index (χ2v) is 7.72. The highest BCUT2D eigenvalue weighted by atomic mass is 32.1. The number of carbonyl (C=O) groups excluding carboxylic acids is 1. The standard InChI is InChI=1S/C19H22N4OS/c1-2-18-22-16-9-4-13(12-17(16)25-18)19(24)21-14-5-7-15(8-6-14)23-11-3-10-20-23/h3-4,9-12,14-15H,2,5-8H2,1H3,(H,21,24). The molecule has 1 aliphatic carbocycles.